The highest BCUT2D eigenvalue weighted by molar-refractivity contribution is 5.79. The van der Waals surface area contributed by atoms with Gasteiger partial charge >= 0.3 is 12.1 Å². The lowest BCUT2D eigenvalue weighted by molar-refractivity contribution is -0.168. The van der Waals surface area contributed by atoms with Crippen molar-refractivity contribution in [3.8, 4) is 0 Å². The van der Waals surface area contributed by atoms with E-state index in [1.807, 2.05) is 0 Å². The van der Waals surface area contributed by atoms with E-state index in [4.69, 9.17) is 14.6 Å². The maximum absolute atomic E-state index is 11.4. The van der Waals surface area contributed by atoms with Gasteiger partial charge in [0.2, 0.25) is 6.23 Å². The molecule has 1 amide bonds. The summed E-state index contributed by atoms with van der Waals surface area (Å²) >= 11 is 0. The Bertz CT molecular complexity index is 265. The number of amides is 1. The Morgan fingerprint density at radius 1 is 1.67 bits per heavy atom. The lowest BCUT2D eigenvalue weighted by atomic mass is 10.3. The van der Waals surface area contributed by atoms with E-state index in [2.05, 4.69) is 6.58 Å². The highest BCUT2D eigenvalue weighted by atomic mass is 16.6. The Morgan fingerprint density at radius 2 is 2.40 bits per heavy atom. The van der Waals surface area contributed by atoms with Gasteiger partial charge in [0.1, 0.15) is 6.61 Å². The molecule has 1 aliphatic rings. The van der Waals surface area contributed by atoms with Crippen molar-refractivity contribution in [1.82, 2.24) is 4.90 Å². The smallest absolute Gasteiger partial charge is 0.412 e. The third kappa shape index (κ3) is 2.95. The predicted octanol–water partition coefficient (Wildman–Crippen LogP) is 0.442. The number of aliphatic carboxylic acids is 1. The normalized spacial score (nSPS) is 20.8. The van der Waals surface area contributed by atoms with Gasteiger partial charge in [-0.1, -0.05) is 12.7 Å². The van der Waals surface area contributed by atoms with E-state index in [0.717, 1.165) is 4.90 Å². The van der Waals surface area contributed by atoms with Gasteiger partial charge in [0, 0.05) is 6.54 Å². The number of carboxylic acid groups (broad SMARTS) is 1. The zero-order valence-corrected chi connectivity index (χ0v) is 8.22. The first kappa shape index (κ1) is 11.5. The molecule has 1 unspecified atom stereocenters. The number of ether oxygens (including phenoxy) is 2. The van der Waals surface area contributed by atoms with Crippen molar-refractivity contribution in [3.63, 3.8) is 0 Å². The molecule has 1 saturated heterocycles. The Balaban J connectivity index is 2.58. The van der Waals surface area contributed by atoms with Crippen LogP contribution in [-0.2, 0) is 14.3 Å². The van der Waals surface area contributed by atoms with Crippen molar-refractivity contribution >= 4 is 12.1 Å². The van der Waals surface area contributed by atoms with Gasteiger partial charge in [0.25, 0.3) is 0 Å². The minimum atomic E-state index is -1.24. The van der Waals surface area contributed by atoms with E-state index in [1.54, 1.807) is 0 Å². The third-order valence-corrected chi connectivity index (χ3v) is 1.87. The zero-order chi connectivity index (χ0) is 11.3. The summed E-state index contributed by atoms with van der Waals surface area (Å²) in [5, 5.41) is 8.79. The zero-order valence-electron chi connectivity index (χ0n) is 8.22. The van der Waals surface area contributed by atoms with Gasteiger partial charge in [-0.25, -0.2) is 9.59 Å². The van der Waals surface area contributed by atoms with Gasteiger partial charge in [-0.05, 0) is 6.42 Å². The quantitative estimate of drug-likeness (QED) is 0.691. The van der Waals surface area contributed by atoms with Crippen LogP contribution in [0.15, 0.2) is 12.7 Å². The molecule has 0 aliphatic carbocycles. The molecule has 0 radical (unpaired) electrons. The van der Waals surface area contributed by atoms with Crippen LogP contribution >= 0.6 is 0 Å². The molecule has 6 heteroatoms. The molecule has 0 saturated carbocycles. The molecule has 1 N–H and O–H groups in total. The van der Waals surface area contributed by atoms with Gasteiger partial charge in [0.15, 0.2) is 0 Å². The van der Waals surface area contributed by atoms with Gasteiger partial charge in [-0.2, -0.15) is 0 Å². The summed E-state index contributed by atoms with van der Waals surface area (Å²) in [7, 11) is 0. The van der Waals surface area contributed by atoms with Crippen molar-refractivity contribution < 1.29 is 24.2 Å². The molecule has 84 valence electrons. The fourth-order valence-corrected chi connectivity index (χ4v) is 1.24. The molecular weight excluding hydrogens is 202 g/mol. The topological polar surface area (TPSA) is 76.1 Å². The molecule has 1 aliphatic heterocycles. The number of carboxylic acids is 1. The fourth-order valence-electron chi connectivity index (χ4n) is 1.24. The fraction of sp³-hybridized carbons (Fsp3) is 0.556. The number of hydrogen-bond donors (Lipinski definition) is 1. The summed E-state index contributed by atoms with van der Waals surface area (Å²) in [4.78, 5) is 23.2. The summed E-state index contributed by atoms with van der Waals surface area (Å²) in [6.45, 7) is 4.11. The first-order valence-corrected chi connectivity index (χ1v) is 4.55. The van der Waals surface area contributed by atoms with E-state index in [9.17, 15) is 9.59 Å². The molecule has 0 aromatic rings. The minimum absolute atomic E-state index is 0.0572. The molecule has 1 rings (SSSR count). The van der Waals surface area contributed by atoms with Crippen molar-refractivity contribution in [3.05, 3.63) is 12.7 Å². The average Bonchev–Trinajstić information content (AvgIpc) is 2.25. The summed E-state index contributed by atoms with van der Waals surface area (Å²) in [6, 6.07) is 0. The molecule has 0 aromatic heterocycles. The molecule has 1 fully saturated rings. The minimum Gasteiger partial charge on any atom is -0.478 e. The number of nitrogens with zero attached hydrogens (tertiary/aromatic N) is 1. The summed E-state index contributed by atoms with van der Waals surface area (Å²) < 4.78 is 9.69. The van der Waals surface area contributed by atoms with E-state index >= 15 is 0 Å². The van der Waals surface area contributed by atoms with Crippen LogP contribution < -0.4 is 0 Å². The molecular formula is C9H13NO5. The second-order valence-electron chi connectivity index (χ2n) is 2.97. The van der Waals surface area contributed by atoms with E-state index < -0.39 is 18.3 Å². The molecule has 0 bridgehead atoms. The van der Waals surface area contributed by atoms with Crippen LogP contribution in [0.5, 0.6) is 0 Å². The molecule has 15 heavy (non-hydrogen) atoms. The van der Waals surface area contributed by atoms with Crippen LogP contribution in [0.1, 0.15) is 6.42 Å². The SMILES string of the molecule is C=CCOC(=O)N1CCCOC1C(=O)O. The van der Waals surface area contributed by atoms with Crippen LogP contribution in [0.25, 0.3) is 0 Å². The molecule has 1 atom stereocenters. The summed E-state index contributed by atoms with van der Waals surface area (Å²) in [5.41, 5.74) is 0. The standard InChI is InChI=1S/C9H13NO5/c1-2-5-15-9(13)10-4-3-6-14-7(10)8(11)12/h2,7H,1,3-6H2,(H,11,12). The first-order chi connectivity index (χ1) is 7.16. The predicted molar refractivity (Wildman–Crippen MR) is 50.2 cm³/mol. The largest absolute Gasteiger partial charge is 0.478 e. The number of carbonyl (C=O) groups excluding carboxylic acids is 1. The first-order valence-electron chi connectivity index (χ1n) is 4.55. The average molecular weight is 215 g/mol. The van der Waals surface area contributed by atoms with Crippen LogP contribution in [-0.4, -0.2) is 48.1 Å². The van der Waals surface area contributed by atoms with Crippen molar-refractivity contribution in [1.29, 1.82) is 0 Å². The van der Waals surface area contributed by atoms with Gasteiger partial charge in [-0.3, -0.25) is 4.90 Å². The lowest BCUT2D eigenvalue weighted by Gasteiger charge is -2.31. The van der Waals surface area contributed by atoms with Gasteiger partial charge in [0.05, 0.1) is 6.61 Å². The second-order valence-corrected chi connectivity index (χ2v) is 2.97. The Kier molecular flexibility index (Phi) is 4.11. The molecule has 6 nitrogen and oxygen atoms in total. The third-order valence-electron chi connectivity index (χ3n) is 1.87. The Morgan fingerprint density at radius 3 is 3.00 bits per heavy atom. The second kappa shape index (κ2) is 5.35. The highest BCUT2D eigenvalue weighted by Gasteiger charge is 2.33. The number of hydrogen-bond acceptors (Lipinski definition) is 4. The van der Waals surface area contributed by atoms with E-state index in [-0.39, 0.29) is 6.61 Å². The summed E-state index contributed by atoms with van der Waals surface area (Å²) in [5.74, 6) is -1.19. The van der Waals surface area contributed by atoms with Crippen LogP contribution in [0.3, 0.4) is 0 Å². The molecule has 1 heterocycles. The van der Waals surface area contributed by atoms with Crippen LogP contribution in [0, 0.1) is 0 Å². The van der Waals surface area contributed by atoms with Gasteiger partial charge in [-0.15, -0.1) is 0 Å². The van der Waals surface area contributed by atoms with E-state index in [1.165, 1.54) is 6.08 Å². The van der Waals surface area contributed by atoms with Crippen LogP contribution in [0.2, 0.25) is 0 Å². The highest BCUT2D eigenvalue weighted by Crippen LogP contribution is 2.11. The van der Waals surface area contributed by atoms with Crippen molar-refractivity contribution in [2.45, 2.75) is 12.6 Å². The number of carbonyl (C=O) groups is 2. The van der Waals surface area contributed by atoms with Gasteiger partial charge < -0.3 is 14.6 Å². The van der Waals surface area contributed by atoms with Crippen molar-refractivity contribution in [2.24, 2.45) is 0 Å². The molecule has 0 aromatic carbocycles. The Labute approximate surface area is 87.1 Å². The summed E-state index contributed by atoms with van der Waals surface area (Å²) in [6.07, 6.45) is 0.0869. The Hall–Kier alpha value is -1.56. The molecule has 0 spiro atoms. The van der Waals surface area contributed by atoms with Crippen LogP contribution in [0.4, 0.5) is 4.79 Å². The maximum Gasteiger partial charge on any atom is 0.412 e. The maximum atomic E-state index is 11.4. The lowest BCUT2D eigenvalue weighted by Crippen LogP contribution is -2.50. The van der Waals surface area contributed by atoms with E-state index in [0.29, 0.717) is 19.6 Å². The monoisotopic (exact) mass is 215 g/mol. The van der Waals surface area contributed by atoms with Crippen molar-refractivity contribution in [2.75, 3.05) is 19.8 Å². The number of rotatable bonds is 3.